The van der Waals surface area contributed by atoms with Gasteiger partial charge in [0.1, 0.15) is 5.56 Å². The predicted molar refractivity (Wildman–Crippen MR) is 91.6 cm³/mol. The highest BCUT2D eigenvalue weighted by Gasteiger charge is 2.37. The van der Waals surface area contributed by atoms with Gasteiger partial charge in [0.05, 0.1) is 17.8 Å². The molecule has 0 saturated carbocycles. The van der Waals surface area contributed by atoms with E-state index >= 15 is 0 Å². The third-order valence-electron chi connectivity index (χ3n) is 4.47. The summed E-state index contributed by atoms with van der Waals surface area (Å²) >= 11 is 5.92. The third kappa shape index (κ3) is 4.04. The fourth-order valence-corrected chi connectivity index (χ4v) is 3.37. The maximum atomic E-state index is 13.1. The maximum absolute atomic E-state index is 13.1. The molecule has 1 saturated heterocycles. The Balaban J connectivity index is 1.85. The second-order valence-electron chi connectivity index (χ2n) is 6.50. The maximum Gasteiger partial charge on any atom is 0.298 e. The van der Waals surface area contributed by atoms with Gasteiger partial charge in [-0.2, -0.15) is 0 Å². The van der Waals surface area contributed by atoms with Crippen LogP contribution in [0.4, 0.5) is 8.78 Å². The van der Waals surface area contributed by atoms with Crippen molar-refractivity contribution in [2.75, 3.05) is 13.2 Å². The van der Waals surface area contributed by atoms with E-state index in [2.05, 4.69) is 15.0 Å². The Kier molecular flexibility index (Phi) is 5.58. The van der Waals surface area contributed by atoms with Gasteiger partial charge in [0, 0.05) is 11.6 Å². The van der Waals surface area contributed by atoms with Crippen molar-refractivity contribution in [2.24, 2.45) is 0 Å². The van der Waals surface area contributed by atoms with E-state index in [0.29, 0.717) is 31.1 Å². The number of ether oxygens (including phenoxy) is 1. The van der Waals surface area contributed by atoms with Gasteiger partial charge in [-0.25, -0.2) is 8.78 Å². The van der Waals surface area contributed by atoms with Gasteiger partial charge >= 0.3 is 0 Å². The van der Waals surface area contributed by atoms with E-state index in [1.165, 1.54) is 6.92 Å². The quantitative estimate of drug-likeness (QED) is 0.843. The standard InChI is InChI=1S/C18H19ClF2N2O3/c1-11-14(15(16(20)21)26-23-11)17(24)22-18(7-2-8-25-10-18)9-12-3-5-13(19)6-4-12/h3-6,16H,2,7-10H2,1H3,(H,22,24). The topological polar surface area (TPSA) is 64.4 Å². The van der Waals surface area contributed by atoms with Crippen molar-refractivity contribution in [1.29, 1.82) is 0 Å². The summed E-state index contributed by atoms with van der Waals surface area (Å²) in [7, 11) is 0. The monoisotopic (exact) mass is 384 g/mol. The highest BCUT2D eigenvalue weighted by molar-refractivity contribution is 6.30. The lowest BCUT2D eigenvalue weighted by molar-refractivity contribution is 0.0194. The summed E-state index contributed by atoms with van der Waals surface area (Å²) in [5, 5.41) is 7.03. The second kappa shape index (κ2) is 7.72. The van der Waals surface area contributed by atoms with Gasteiger partial charge in [0.25, 0.3) is 12.3 Å². The third-order valence-corrected chi connectivity index (χ3v) is 4.72. The molecule has 2 aromatic rings. The molecule has 0 bridgehead atoms. The lowest BCUT2D eigenvalue weighted by Gasteiger charge is -2.38. The van der Waals surface area contributed by atoms with Crippen molar-refractivity contribution < 1.29 is 22.8 Å². The Hall–Kier alpha value is -1.99. The molecule has 0 spiro atoms. The molecule has 1 aromatic carbocycles. The van der Waals surface area contributed by atoms with Crippen LogP contribution in [0, 0.1) is 6.92 Å². The van der Waals surface area contributed by atoms with Crippen LogP contribution in [0.2, 0.25) is 5.02 Å². The van der Waals surface area contributed by atoms with Crippen molar-refractivity contribution in [3.63, 3.8) is 0 Å². The number of aryl methyl sites for hydroxylation is 1. The van der Waals surface area contributed by atoms with Crippen LogP contribution in [0.1, 0.15) is 46.6 Å². The van der Waals surface area contributed by atoms with E-state index in [0.717, 1.165) is 12.0 Å². The molecule has 1 amide bonds. The zero-order chi connectivity index (χ0) is 18.7. The number of hydrogen-bond donors (Lipinski definition) is 1. The molecule has 2 heterocycles. The minimum absolute atomic E-state index is 0.135. The largest absolute Gasteiger partial charge is 0.379 e. The van der Waals surface area contributed by atoms with Crippen LogP contribution in [-0.2, 0) is 11.2 Å². The molecule has 0 radical (unpaired) electrons. The van der Waals surface area contributed by atoms with Gasteiger partial charge < -0.3 is 14.6 Å². The Bertz CT molecular complexity index is 771. The molecular formula is C18H19ClF2N2O3. The van der Waals surface area contributed by atoms with E-state index in [4.69, 9.17) is 16.3 Å². The van der Waals surface area contributed by atoms with E-state index in [1.54, 1.807) is 12.1 Å². The number of amides is 1. The average molecular weight is 385 g/mol. The molecule has 1 N–H and O–H groups in total. The number of alkyl halides is 2. The first-order chi connectivity index (χ1) is 12.4. The van der Waals surface area contributed by atoms with E-state index in [9.17, 15) is 13.6 Å². The first kappa shape index (κ1) is 18.8. The average Bonchev–Trinajstić information content (AvgIpc) is 3.00. The van der Waals surface area contributed by atoms with Crippen LogP contribution in [0.15, 0.2) is 28.8 Å². The molecule has 1 aromatic heterocycles. The Morgan fingerprint density at radius 3 is 2.73 bits per heavy atom. The summed E-state index contributed by atoms with van der Waals surface area (Å²) < 4.78 is 36.4. The van der Waals surface area contributed by atoms with Crippen LogP contribution in [0.5, 0.6) is 0 Å². The molecule has 5 nitrogen and oxygen atoms in total. The summed E-state index contributed by atoms with van der Waals surface area (Å²) in [5.74, 6) is -1.34. The molecule has 1 fully saturated rings. The van der Waals surface area contributed by atoms with E-state index in [-0.39, 0.29) is 11.3 Å². The summed E-state index contributed by atoms with van der Waals surface area (Å²) in [4.78, 5) is 12.7. The Morgan fingerprint density at radius 1 is 1.38 bits per heavy atom. The molecule has 1 atom stereocenters. The predicted octanol–water partition coefficient (Wildman–Crippen LogP) is 4.10. The zero-order valence-electron chi connectivity index (χ0n) is 14.2. The summed E-state index contributed by atoms with van der Waals surface area (Å²) in [5.41, 5.74) is 0.209. The smallest absolute Gasteiger partial charge is 0.298 e. The molecule has 1 unspecified atom stereocenters. The highest BCUT2D eigenvalue weighted by atomic mass is 35.5. The van der Waals surface area contributed by atoms with Crippen molar-refractivity contribution >= 4 is 17.5 Å². The lowest BCUT2D eigenvalue weighted by Crippen LogP contribution is -2.55. The van der Waals surface area contributed by atoms with Gasteiger partial charge in [-0.15, -0.1) is 0 Å². The fraction of sp³-hybridized carbons (Fsp3) is 0.444. The summed E-state index contributed by atoms with van der Waals surface area (Å²) in [6.45, 7) is 2.37. The molecule has 140 valence electrons. The zero-order valence-corrected chi connectivity index (χ0v) is 15.0. The summed E-state index contributed by atoms with van der Waals surface area (Å²) in [6, 6.07) is 7.30. The van der Waals surface area contributed by atoms with E-state index in [1.807, 2.05) is 12.1 Å². The van der Waals surface area contributed by atoms with Gasteiger partial charge in [0.15, 0.2) is 0 Å². The van der Waals surface area contributed by atoms with Crippen molar-refractivity contribution in [3.8, 4) is 0 Å². The minimum atomic E-state index is -2.91. The van der Waals surface area contributed by atoms with Crippen LogP contribution in [0.25, 0.3) is 0 Å². The van der Waals surface area contributed by atoms with Crippen LogP contribution < -0.4 is 5.32 Å². The first-order valence-corrected chi connectivity index (χ1v) is 8.67. The fourth-order valence-electron chi connectivity index (χ4n) is 3.24. The number of carbonyl (C=O) groups is 1. The molecular weight excluding hydrogens is 366 g/mol. The molecule has 0 aliphatic carbocycles. The van der Waals surface area contributed by atoms with Crippen LogP contribution in [0.3, 0.4) is 0 Å². The molecule has 8 heteroatoms. The van der Waals surface area contributed by atoms with Crippen molar-refractivity contribution in [1.82, 2.24) is 10.5 Å². The molecule has 1 aliphatic rings. The number of aromatic nitrogens is 1. The van der Waals surface area contributed by atoms with Crippen LogP contribution in [-0.4, -0.2) is 29.8 Å². The summed E-state index contributed by atoms with van der Waals surface area (Å²) in [6.07, 6.45) is -0.968. The van der Waals surface area contributed by atoms with E-state index < -0.39 is 23.6 Å². The molecule has 3 rings (SSSR count). The molecule has 26 heavy (non-hydrogen) atoms. The number of hydrogen-bond acceptors (Lipinski definition) is 4. The first-order valence-electron chi connectivity index (χ1n) is 8.29. The van der Waals surface area contributed by atoms with Crippen LogP contribution >= 0.6 is 11.6 Å². The number of halogens is 3. The molecule has 1 aliphatic heterocycles. The number of nitrogens with zero attached hydrogens (tertiary/aromatic N) is 1. The number of benzene rings is 1. The minimum Gasteiger partial charge on any atom is -0.379 e. The number of rotatable bonds is 5. The van der Waals surface area contributed by atoms with Gasteiger partial charge in [-0.3, -0.25) is 4.79 Å². The highest BCUT2D eigenvalue weighted by Crippen LogP contribution is 2.29. The lowest BCUT2D eigenvalue weighted by atomic mass is 9.85. The second-order valence-corrected chi connectivity index (χ2v) is 6.94. The van der Waals surface area contributed by atoms with Gasteiger partial charge in [-0.1, -0.05) is 28.9 Å². The van der Waals surface area contributed by atoms with Gasteiger partial charge in [-0.05, 0) is 43.9 Å². The normalized spacial score (nSPS) is 20.3. The SMILES string of the molecule is Cc1noc(C(F)F)c1C(=O)NC1(Cc2ccc(Cl)cc2)CCCOC1. The van der Waals surface area contributed by atoms with Crippen molar-refractivity contribution in [2.45, 2.75) is 38.2 Å². The van der Waals surface area contributed by atoms with Crippen molar-refractivity contribution in [3.05, 3.63) is 51.9 Å². The van der Waals surface area contributed by atoms with Gasteiger partial charge in [0.2, 0.25) is 5.76 Å². The Morgan fingerprint density at radius 2 is 2.12 bits per heavy atom. The Labute approximate surface area is 154 Å². The number of carbonyl (C=O) groups excluding carboxylic acids is 1. The number of nitrogens with one attached hydrogen (secondary N) is 1.